The minimum absolute atomic E-state index is 0.268. The molecule has 4 atom stereocenters. The maximum atomic E-state index is 15.1. The molecule has 0 spiro atoms. The van der Waals surface area contributed by atoms with Gasteiger partial charge in [-0.05, 0) is 6.92 Å². The van der Waals surface area contributed by atoms with E-state index < -0.39 is 30.7 Å². The number of carbonyl (C=O) groups excluding carboxylic acids is 1. The molecule has 3 N–H and O–H groups in total. The van der Waals surface area contributed by atoms with E-state index in [2.05, 4.69) is 21.9 Å². The van der Waals surface area contributed by atoms with Crippen LogP contribution in [0.2, 0.25) is 0 Å². The van der Waals surface area contributed by atoms with Crippen molar-refractivity contribution in [2.45, 2.75) is 38.0 Å². The van der Waals surface area contributed by atoms with Crippen LogP contribution < -0.4 is 5.32 Å². The molecule has 8 nitrogen and oxygen atoms in total. The third-order valence-electron chi connectivity index (χ3n) is 4.30. The molecule has 1 fully saturated rings. The Morgan fingerprint density at radius 2 is 2.32 bits per heavy atom. The maximum absolute atomic E-state index is 15.1. The summed E-state index contributed by atoms with van der Waals surface area (Å²) in [5.41, 5.74) is -1.27. The minimum Gasteiger partial charge on any atom is -0.394 e. The lowest BCUT2D eigenvalue weighted by Crippen LogP contribution is -2.40. The van der Waals surface area contributed by atoms with Gasteiger partial charge in [-0.1, -0.05) is 12.7 Å². The molecular weight excluding hydrogens is 331 g/mol. The van der Waals surface area contributed by atoms with Crippen LogP contribution in [0.25, 0.3) is 17.1 Å². The lowest BCUT2D eigenvalue weighted by atomic mass is 9.98. The van der Waals surface area contributed by atoms with E-state index in [1.807, 2.05) is 0 Å². The molecular formula is C16H19FN4O4. The highest BCUT2D eigenvalue weighted by molar-refractivity contribution is 6.01. The first-order valence-electron chi connectivity index (χ1n) is 7.70. The fraction of sp³-hybridized carbons (Fsp3) is 0.438. The number of aromatic nitrogens is 3. The van der Waals surface area contributed by atoms with Crippen molar-refractivity contribution in [3.05, 3.63) is 24.7 Å². The van der Waals surface area contributed by atoms with Gasteiger partial charge in [0.2, 0.25) is 5.91 Å². The Morgan fingerprint density at radius 1 is 1.60 bits per heavy atom. The monoisotopic (exact) mass is 350 g/mol. The molecule has 2 aromatic heterocycles. The summed E-state index contributed by atoms with van der Waals surface area (Å²) in [6.07, 6.45) is 0.563. The summed E-state index contributed by atoms with van der Waals surface area (Å²) in [4.78, 5) is 19.6. The number of halogens is 1. The van der Waals surface area contributed by atoms with Crippen LogP contribution in [-0.2, 0) is 9.53 Å². The van der Waals surface area contributed by atoms with Crippen molar-refractivity contribution < 1.29 is 24.1 Å². The largest absolute Gasteiger partial charge is 0.394 e. The maximum Gasteiger partial charge on any atom is 0.222 e. The van der Waals surface area contributed by atoms with Gasteiger partial charge in [-0.25, -0.2) is 14.4 Å². The first-order chi connectivity index (χ1) is 11.8. The Bertz CT molecular complexity index is 835. The average molecular weight is 350 g/mol. The predicted octanol–water partition coefficient (Wildman–Crippen LogP) is 1.01. The van der Waals surface area contributed by atoms with Crippen LogP contribution in [0, 0.1) is 0 Å². The number of ether oxygens (including phenoxy) is 1. The molecule has 25 heavy (non-hydrogen) atoms. The fourth-order valence-corrected chi connectivity index (χ4v) is 3.07. The van der Waals surface area contributed by atoms with Gasteiger partial charge in [0.1, 0.15) is 30.0 Å². The topological polar surface area (TPSA) is 110 Å². The summed E-state index contributed by atoms with van der Waals surface area (Å²) in [6, 6.07) is 0. The van der Waals surface area contributed by atoms with Crippen LogP contribution in [-0.4, -0.2) is 55.1 Å². The highest BCUT2D eigenvalue weighted by Crippen LogP contribution is 2.43. The zero-order valence-corrected chi connectivity index (χ0v) is 13.8. The molecule has 0 saturated carbocycles. The summed E-state index contributed by atoms with van der Waals surface area (Å²) in [6.45, 7) is 5.75. The number of fused-ring (bicyclic) bond motifs is 1. The number of nitrogens with one attached hydrogen (secondary N) is 1. The van der Waals surface area contributed by atoms with Crippen molar-refractivity contribution in [2.75, 3.05) is 11.9 Å². The molecule has 3 heterocycles. The molecule has 0 unspecified atom stereocenters. The zero-order chi connectivity index (χ0) is 18.4. The third-order valence-corrected chi connectivity index (χ3v) is 4.30. The summed E-state index contributed by atoms with van der Waals surface area (Å²) in [5.74, 6) is -0.0464. The van der Waals surface area contributed by atoms with Crippen LogP contribution in [0.3, 0.4) is 0 Å². The Kier molecular flexibility index (Phi) is 4.31. The van der Waals surface area contributed by atoms with Crippen LogP contribution in [0.5, 0.6) is 0 Å². The van der Waals surface area contributed by atoms with Gasteiger partial charge in [0, 0.05) is 18.7 Å². The van der Waals surface area contributed by atoms with Crippen molar-refractivity contribution >= 4 is 28.8 Å². The summed E-state index contributed by atoms with van der Waals surface area (Å²) in [7, 11) is 0. The molecule has 3 rings (SSSR count). The Morgan fingerprint density at radius 3 is 2.88 bits per heavy atom. The zero-order valence-electron chi connectivity index (χ0n) is 13.8. The van der Waals surface area contributed by atoms with Gasteiger partial charge in [0.05, 0.1) is 12.0 Å². The highest BCUT2D eigenvalue weighted by atomic mass is 19.1. The molecule has 0 aliphatic carbocycles. The second-order valence-electron chi connectivity index (χ2n) is 6.10. The summed E-state index contributed by atoms with van der Waals surface area (Å²) in [5, 5.41) is 22.4. The minimum atomic E-state index is -2.16. The predicted molar refractivity (Wildman–Crippen MR) is 88.4 cm³/mol. The van der Waals surface area contributed by atoms with E-state index in [0.29, 0.717) is 16.6 Å². The van der Waals surface area contributed by atoms with Gasteiger partial charge in [0.25, 0.3) is 0 Å². The number of rotatable bonds is 4. The number of aliphatic hydroxyl groups is 2. The van der Waals surface area contributed by atoms with Gasteiger partial charge in [0.15, 0.2) is 11.9 Å². The molecule has 0 bridgehead atoms. The van der Waals surface area contributed by atoms with E-state index in [4.69, 9.17) is 4.74 Å². The average Bonchev–Trinajstić information content (AvgIpc) is 3.04. The molecule has 134 valence electrons. The van der Waals surface area contributed by atoms with E-state index in [9.17, 15) is 15.0 Å². The van der Waals surface area contributed by atoms with Gasteiger partial charge in [-0.2, -0.15) is 0 Å². The number of anilines is 1. The second-order valence-corrected chi connectivity index (χ2v) is 6.10. The van der Waals surface area contributed by atoms with E-state index >= 15 is 4.39 Å². The normalized spacial score (nSPS) is 29.1. The van der Waals surface area contributed by atoms with Gasteiger partial charge >= 0.3 is 0 Å². The molecule has 9 heteroatoms. The molecule has 1 amide bonds. The number of nitrogens with zero attached hydrogens (tertiary/aromatic N) is 3. The van der Waals surface area contributed by atoms with Crippen LogP contribution in [0.15, 0.2) is 19.1 Å². The quantitative estimate of drug-likeness (QED) is 0.759. The summed E-state index contributed by atoms with van der Waals surface area (Å²) < 4.78 is 22.0. The molecule has 1 aliphatic rings. The van der Waals surface area contributed by atoms with Crippen molar-refractivity contribution in [3.63, 3.8) is 0 Å². The standard InChI is InChI=1S/C16H19FN4O4/c1-4-9-5-21(15-16(3,17)12(24)10(6-22)25-15)14-11(9)13(18-7-19-14)20-8(2)23/h4-5,7,10,12,15,22,24H,1,6H2,2-3H3,(H,18,19,20,23)/t10-,12-,15-,16-/m1/s1. The van der Waals surface area contributed by atoms with Crippen LogP contribution in [0.1, 0.15) is 25.6 Å². The van der Waals surface area contributed by atoms with Crippen molar-refractivity contribution in [1.29, 1.82) is 0 Å². The van der Waals surface area contributed by atoms with Crippen LogP contribution in [0.4, 0.5) is 10.2 Å². The van der Waals surface area contributed by atoms with Gasteiger partial charge in [-0.3, -0.25) is 4.79 Å². The number of amides is 1. The molecule has 1 saturated heterocycles. The molecule has 0 aromatic carbocycles. The van der Waals surface area contributed by atoms with Gasteiger partial charge in [-0.15, -0.1) is 0 Å². The lowest BCUT2D eigenvalue weighted by molar-refractivity contribution is -0.114. The first kappa shape index (κ1) is 17.5. The molecule has 0 radical (unpaired) electrons. The molecule has 2 aromatic rings. The van der Waals surface area contributed by atoms with Crippen LogP contribution >= 0.6 is 0 Å². The highest BCUT2D eigenvalue weighted by Gasteiger charge is 2.55. The summed E-state index contributed by atoms with van der Waals surface area (Å²) >= 11 is 0. The lowest BCUT2D eigenvalue weighted by Gasteiger charge is -2.25. The first-order valence-corrected chi connectivity index (χ1v) is 7.70. The van der Waals surface area contributed by atoms with E-state index in [1.165, 1.54) is 30.8 Å². The van der Waals surface area contributed by atoms with E-state index in [0.717, 1.165) is 0 Å². The third kappa shape index (κ3) is 2.70. The fourth-order valence-electron chi connectivity index (χ4n) is 3.07. The number of carbonyl (C=O) groups is 1. The number of aliphatic hydroxyl groups excluding tert-OH is 2. The Hall–Kier alpha value is -2.36. The number of hydrogen-bond donors (Lipinski definition) is 3. The van der Waals surface area contributed by atoms with Crippen molar-refractivity contribution in [1.82, 2.24) is 14.5 Å². The Labute approximate surface area is 143 Å². The van der Waals surface area contributed by atoms with Gasteiger partial charge < -0.3 is 24.8 Å². The van der Waals surface area contributed by atoms with E-state index in [1.54, 1.807) is 6.20 Å². The van der Waals surface area contributed by atoms with Crippen molar-refractivity contribution in [3.8, 4) is 0 Å². The second kappa shape index (κ2) is 6.17. The number of alkyl halides is 1. The SMILES string of the molecule is C=Cc1cn([C@@H]2O[C@H](CO)[C@@H](O)[C@@]2(C)F)c2ncnc(NC(C)=O)c12. The Balaban J connectivity index is 2.18. The number of hydrogen-bond acceptors (Lipinski definition) is 6. The molecule has 1 aliphatic heterocycles. The van der Waals surface area contributed by atoms with Crippen molar-refractivity contribution in [2.24, 2.45) is 0 Å². The van der Waals surface area contributed by atoms with E-state index in [-0.39, 0.29) is 11.7 Å². The smallest absolute Gasteiger partial charge is 0.222 e.